The van der Waals surface area contributed by atoms with Crippen molar-refractivity contribution in [2.75, 3.05) is 7.11 Å². The normalized spacial score (nSPS) is 16.5. The Balaban J connectivity index is 1.71. The number of aromatic nitrogens is 1. The molecule has 1 unspecified atom stereocenters. The SMILES string of the molecule is COc1cc2c(cc1CNCc1c(C)noc1C)OC(C)C2. The van der Waals surface area contributed by atoms with Crippen LogP contribution in [-0.2, 0) is 19.5 Å². The van der Waals surface area contributed by atoms with Gasteiger partial charge in [-0.1, -0.05) is 5.16 Å². The van der Waals surface area contributed by atoms with Crippen LogP contribution in [0.5, 0.6) is 11.5 Å². The Hall–Kier alpha value is -2.01. The lowest BCUT2D eigenvalue weighted by molar-refractivity contribution is 0.254. The molecule has 5 nitrogen and oxygen atoms in total. The highest BCUT2D eigenvalue weighted by molar-refractivity contribution is 5.48. The quantitative estimate of drug-likeness (QED) is 0.920. The first-order valence-electron chi connectivity index (χ1n) is 7.57. The van der Waals surface area contributed by atoms with Gasteiger partial charge in [0.15, 0.2) is 0 Å². The molecular weight excluding hydrogens is 280 g/mol. The summed E-state index contributed by atoms with van der Waals surface area (Å²) in [7, 11) is 1.71. The van der Waals surface area contributed by atoms with Crippen LogP contribution in [0, 0.1) is 13.8 Å². The topological polar surface area (TPSA) is 56.5 Å². The van der Waals surface area contributed by atoms with Crippen molar-refractivity contribution in [1.82, 2.24) is 10.5 Å². The first-order chi connectivity index (χ1) is 10.6. The van der Waals surface area contributed by atoms with E-state index in [-0.39, 0.29) is 6.10 Å². The van der Waals surface area contributed by atoms with Crippen molar-refractivity contribution >= 4 is 0 Å². The summed E-state index contributed by atoms with van der Waals surface area (Å²) < 4.78 is 16.5. The highest BCUT2D eigenvalue weighted by Crippen LogP contribution is 2.34. The summed E-state index contributed by atoms with van der Waals surface area (Å²) in [5.41, 5.74) is 4.37. The van der Waals surface area contributed by atoms with Crippen LogP contribution in [0.1, 0.15) is 35.1 Å². The Bertz CT molecular complexity index is 659. The minimum absolute atomic E-state index is 0.241. The van der Waals surface area contributed by atoms with Crippen molar-refractivity contribution in [3.05, 3.63) is 40.3 Å². The molecule has 1 aliphatic rings. The molecule has 1 N–H and O–H groups in total. The summed E-state index contributed by atoms with van der Waals surface area (Å²) >= 11 is 0. The third-order valence-electron chi connectivity index (χ3n) is 4.10. The summed E-state index contributed by atoms with van der Waals surface area (Å²) in [4.78, 5) is 0. The van der Waals surface area contributed by atoms with Crippen molar-refractivity contribution < 1.29 is 14.0 Å². The maximum absolute atomic E-state index is 5.83. The van der Waals surface area contributed by atoms with E-state index in [1.807, 2.05) is 13.8 Å². The van der Waals surface area contributed by atoms with E-state index in [9.17, 15) is 0 Å². The number of benzene rings is 1. The molecule has 5 heteroatoms. The van der Waals surface area contributed by atoms with E-state index >= 15 is 0 Å². The molecule has 0 radical (unpaired) electrons. The van der Waals surface area contributed by atoms with Gasteiger partial charge in [0.2, 0.25) is 0 Å². The second-order valence-corrected chi connectivity index (χ2v) is 5.81. The van der Waals surface area contributed by atoms with E-state index in [0.29, 0.717) is 6.54 Å². The number of rotatable bonds is 5. The monoisotopic (exact) mass is 302 g/mol. The average Bonchev–Trinajstić information content (AvgIpc) is 3.01. The van der Waals surface area contributed by atoms with Crippen LogP contribution in [-0.4, -0.2) is 18.4 Å². The molecule has 1 atom stereocenters. The Kier molecular flexibility index (Phi) is 4.07. The number of hydrogen-bond donors (Lipinski definition) is 1. The fourth-order valence-corrected chi connectivity index (χ4v) is 2.89. The second-order valence-electron chi connectivity index (χ2n) is 5.81. The van der Waals surface area contributed by atoms with Crippen molar-refractivity contribution in [3.8, 4) is 11.5 Å². The molecule has 0 spiro atoms. The molecule has 0 aliphatic carbocycles. The molecule has 0 saturated heterocycles. The van der Waals surface area contributed by atoms with E-state index in [1.165, 1.54) is 5.56 Å². The van der Waals surface area contributed by atoms with Gasteiger partial charge in [-0.05, 0) is 32.9 Å². The number of fused-ring (bicyclic) bond motifs is 1. The number of methoxy groups -OCH3 is 1. The molecule has 3 rings (SSSR count). The molecular formula is C17H22N2O3. The molecule has 1 aromatic carbocycles. The van der Waals surface area contributed by atoms with Gasteiger partial charge in [-0.25, -0.2) is 0 Å². The number of ether oxygens (including phenoxy) is 2. The summed E-state index contributed by atoms with van der Waals surface area (Å²) in [6.07, 6.45) is 1.18. The first kappa shape index (κ1) is 14.9. The van der Waals surface area contributed by atoms with Gasteiger partial charge in [0, 0.05) is 36.2 Å². The highest BCUT2D eigenvalue weighted by Gasteiger charge is 2.21. The third-order valence-corrected chi connectivity index (χ3v) is 4.10. The lowest BCUT2D eigenvalue weighted by Gasteiger charge is -2.12. The second kappa shape index (κ2) is 6.01. The third kappa shape index (κ3) is 2.81. The number of aryl methyl sites for hydroxylation is 2. The molecule has 118 valence electrons. The average molecular weight is 302 g/mol. The summed E-state index contributed by atoms with van der Waals surface area (Å²) in [6, 6.07) is 4.17. The fraction of sp³-hybridized carbons (Fsp3) is 0.471. The van der Waals surface area contributed by atoms with Gasteiger partial charge >= 0.3 is 0 Å². The molecule has 22 heavy (non-hydrogen) atoms. The van der Waals surface area contributed by atoms with E-state index in [4.69, 9.17) is 14.0 Å². The standard InChI is InChI=1S/C17H22N2O3/c1-10-5-13-6-16(20-4)14(7-17(13)21-10)8-18-9-15-11(2)19-22-12(15)3/h6-7,10,18H,5,8-9H2,1-4H3. The first-order valence-corrected chi connectivity index (χ1v) is 7.57. The van der Waals surface area contributed by atoms with Crippen molar-refractivity contribution in [3.63, 3.8) is 0 Å². The van der Waals surface area contributed by atoms with Gasteiger partial charge in [-0.2, -0.15) is 0 Å². The molecule has 2 heterocycles. The van der Waals surface area contributed by atoms with Crippen LogP contribution in [0.2, 0.25) is 0 Å². The maximum Gasteiger partial charge on any atom is 0.138 e. The Labute approximate surface area is 130 Å². The molecule has 0 bridgehead atoms. The number of nitrogens with one attached hydrogen (secondary N) is 1. The lowest BCUT2D eigenvalue weighted by atomic mass is 10.1. The number of nitrogens with zero attached hydrogens (tertiary/aromatic N) is 1. The summed E-state index contributed by atoms with van der Waals surface area (Å²) in [6.45, 7) is 7.40. The van der Waals surface area contributed by atoms with Crippen LogP contribution in [0.3, 0.4) is 0 Å². The van der Waals surface area contributed by atoms with Crippen molar-refractivity contribution in [2.45, 2.75) is 46.4 Å². The van der Waals surface area contributed by atoms with Crippen LogP contribution >= 0.6 is 0 Å². The largest absolute Gasteiger partial charge is 0.496 e. The van der Waals surface area contributed by atoms with E-state index in [1.54, 1.807) is 7.11 Å². The molecule has 1 aliphatic heterocycles. The van der Waals surface area contributed by atoms with E-state index < -0.39 is 0 Å². The zero-order chi connectivity index (χ0) is 15.7. The summed E-state index contributed by atoms with van der Waals surface area (Å²) in [5, 5.41) is 7.40. The molecule has 0 fully saturated rings. The Morgan fingerprint density at radius 1 is 1.32 bits per heavy atom. The predicted octanol–water partition coefficient (Wildman–Crippen LogP) is 2.91. The van der Waals surface area contributed by atoms with Crippen molar-refractivity contribution in [2.24, 2.45) is 0 Å². The highest BCUT2D eigenvalue weighted by atomic mass is 16.5. The number of hydrogen-bond acceptors (Lipinski definition) is 5. The Morgan fingerprint density at radius 3 is 2.82 bits per heavy atom. The smallest absolute Gasteiger partial charge is 0.138 e. The molecule has 2 aromatic rings. The van der Waals surface area contributed by atoms with E-state index in [0.717, 1.165) is 47.0 Å². The fourth-order valence-electron chi connectivity index (χ4n) is 2.89. The van der Waals surface area contributed by atoms with Crippen LogP contribution in [0.15, 0.2) is 16.7 Å². The lowest BCUT2D eigenvalue weighted by Crippen LogP contribution is -2.14. The van der Waals surface area contributed by atoms with Crippen LogP contribution in [0.4, 0.5) is 0 Å². The van der Waals surface area contributed by atoms with Crippen LogP contribution in [0.25, 0.3) is 0 Å². The van der Waals surface area contributed by atoms with Gasteiger partial charge in [0.25, 0.3) is 0 Å². The van der Waals surface area contributed by atoms with Gasteiger partial charge in [0.1, 0.15) is 23.4 Å². The Morgan fingerprint density at radius 2 is 2.14 bits per heavy atom. The van der Waals surface area contributed by atoms with Gasteiger partial charge in [-0.15, -0.1) is 0 Å². The minimum Gasteiger partial charge on any atom is -0.496 e. The molecule has 1 aromatic heterocycles. The zero-order valence-corrected chi connectivity index (χ0v) is 13.5. The zero-order valence-electron chi connectivity index (χ0n) is 13.5. The summed E-state index contributed by atoms with van der Waals surface area (Å²) in [5.74, 6) is 2.74. The van der Waals surface area contributed by atoms with Gasteiger partial charge in [0.05, 0.1) is 12.8 Å². The molecule has 0 saturated carbocycles. The van der Waals surface area contributed by atoms with E-state index in [2.05, 4.69) is 29.5 Å². The maximum atomic E-state index is 5.83. The van der Waals surface area contributed by atoms with Gasteiger partial charge in [-0.3, -0.25) is 0 Å². The van der Waals surface area contributed by atoms with Crippen molar-refractivity contribution in [1.29, 1.82) is 0 Å². The van der Waals surface area contributed by atoms with Crippen LogP contribution < -0.4 is 14.8 Å². The minimum atomic E-state index is 0.241. The van der Waals surface area contributed by atoms with Gasteiger partial charge < -0.3 is 19.3 Å². The molecule has 0 amide bonds. The predicted molar refractivity (Wildman–Crippen MR) is 83.3 cm³/mol.